The van der Waals surface area contributed by atoms with Gasteiger partial charge in [-0.05, 0) is 54.2 Å². The minimum absolute atomic E-state index is 0.198. The van der Waals surface area contributed by atoms with E-state index in [0.29, 0.717) is 0 Å². The molecule has 2 rings (SSSR count). The Hall–Kier alpha value is -0.583. The lowest BCUT2D eigenvalue weighted by atomic mass is 10.0. The second kappa shape index (κ2) is 6.50. The lowest BCUT2D eigenvalue weighted by molar-refractivity contribution is 0.232. The zero-order chi connectivity index (χ0) is 16.5. The Morgan fingerprint density at radius 2 is 1.73 bits per heavy atom. The van der Waals surface area contributed by atoms with Crippen molar-refractivity contribution in [2.75, 3.05) is 7.11 Å². The number of ether oxygens (including phenoxy) is 1. The third-order valence-electron chi connectivity index (χ3n) is 4.88. The molecule has 22 heavy (non-hydrogen) atoms. The third-order valence-corrected chi connectivity index (χ3v) is 10.2. The van der Waals surface area contributed by atoms with Crippen LogP contribution in [0.2, 0.25) is 18.1 Å². The van der Waals surface area contributed by atoms with Gasteiger partial charge in [0, 0.05) is 4.48 Å². The maximum absolute atomic E-state index is 6.68. The first-order valence-corrected chi connectivity index (χ1v) is 11.6. The third kappa shape index (κ3) is 3.66. The molecule has 1 aromatic rings. The van der Waals surface area contributed by atoms with Gasteiger partial charge < -0.3 is 9.16 Å². The van der Waals surface area contributed by atoms with Crippen LogP contribution in [0, 0.1) is 0 Å². The van der Waals surface area contributed by atoms with Crippen LogP contribution in [0.4, 0.5) is 0 Å². The lowest BCUT2D eigenvalue weighted by Gasteiger charge is -2.39. The molecule has 4 heteroatoms. The van der Waals surface area contributed by atoms with Gasteiger partial charge in [0.1, 0.15) is 5.75 Å². The maximum Gasteiger partial charge on any atom is 0.192 e. The van der Waals surface area contributed by atoms with E-state index in [1.807, 2.05) is 12.1 Å². The van der Waals surface area contributed by atoms with Crippen LogP contribution in [0.3, 0.4) is 0 Å². The molecule has 0 radical (unpaired) electrons. The molecule has 0 aliphatic heterocycles. The van der Waals surface area contributed by atoms with Crippen molar-refractivity contribution in [3.63, 3.8) is 0 Å². The highest BCUT2D eigenvalue weighted by molar-refractivity contribution is 9.11. The molecule has 122 valence electrons. The fourth-order valence-electron chi connectivity index (χ4n) is 2.47. The minimum Gasteiger partial charge on any atom is -0.497 e. The highest BCUT2D eigenvalue weighted by Gasteiger charge is 2.41. The van der Waals surface area contributed by atoms with Crippen molar-refractivity contribution in [3.05, 3.63) is 34.3 Å². The number of hydrogen-bond donors (Lipinski definition) is 0. The molecule has 0 saturated heterocycles. The summed E-state index contributed by atoms with van der Waals surface area (Å²) in [6.07, 6.45) is 2.32. The van der Waals surface area contributed by atoms with Crippen LogP contribution in [-0.2, 0) is 4.43 Å². The highest BCUT2D eigenvalue weighted by Crippen LogP contribution is 2.44. The molecule has 0 heterocycles. The van der Waals surface area contributed by atoms with Crippen molar-refractivity contribution < 1.29 is 9.16 Å². The number of rotatable bonds is 4. The molecule has 0 saturated carbocycles. The zero-order valence-electron chi connectivity index (χ0n) is 14.5. The highest BCUT2D eigenvalue weighted by atomic mass is 79.9. The van der Waals surface area contributed by atoms with Crippen molar-refractivity contribution >= 4 is 29.8 Å². The van der Waals surface area contributed by atoms with E-state index in [9.17, 15) is 0 Å². The number of methoxy groups -OCH3 is 1. The Labute approximate surface area is 144 Å². The van der Waals surface area contributed by atoms with Crippen LogP contribution in [0.15, 0.2) is 28.7 Å². The molecule has 0 bridgehead atoms. The van der Waals surface area contributed by atoms with Crippen molar-refractivity contribution in [1.29, 1.82) is 0 Å². The molecule has 1 atom stereocenters. The second-order valence-electron chi connectivity index (χ2n) is 7.45. The molecule has 0 amide bonds. The van der Waals surface area contributed by atoms with Crippen molar-refractivity contribution in [1.82, 2.24) is 0 Å². The first-order valence-electron chi connectivity index (χ1n) is 7.86. The number of benzene rings is 1. The normalized spacial score (nSPS) is 19.7. The van der Waals surface area contributed by atoms with Crippen LogP contribution in [0.25, 0.3) is 5.57 Å². The summed E-state index contributed by atoms with van der Waals surface area (Å²) in [5.41, 5.74) is 2.54. The average Bonchev–Trinajstić information content (AvgIpc) is 2.78. The summed E-state index contributed by atoms with van der Waals surface area (Å²) < 4.78 is 13.2. The topological polar surface area (TPSA) is 18.5 Å². The summed E-state index contributed by atoms with van der Waals surface area (Å²) in [7, 11) is -0.0741. The van der Waals surface area contributed by atoms with E-state index in [-0.39, 0.29) is 11.1 Å². The van der Waals surface area contributed by atoms with Gasteiger partial charge in [0.15, 0.2) is 8.32 Å². The van der Waals surface area contributed by atoms with Gasteiger partial charge in [-0.1, -0.05) is 48.8 Å². The van der Waals surface area contributed by atoms with Crippen LogP contribution in [-0.4, -0.2) is 21.5 Å². The van der Waals surface area contributed by atoms with Crippen LogP contribution in [0.1, 0.15) is 39.2 Å². The van der Waals surface area contributed by atoms with Gasteiger partial charge in [-0.25, -0.2) is 0 Å². The summed E-state index contributed by atoms with van der Waals surface area (Å²) in [5.74, 6) is 0.889. The molecule has 0 spiro atoms. The van der Waals surface area contributed by atoms with Crippen LogP contribution >= 0.6 is 15.9 Å². The zero-order valence-corrected chi connectivity index (χ0v) is 17.1. The fraction of sp³-hybridized carbons (Fsp3) is 0.556. The molecule has 1 aliphatic rings. The van der Waals surface area contributed by atoms with Crippen LogP contribution < -0.4 is 4.74 Å². The summed E-state index contributed by atoms with van der Waals surface area (Å²) >= 11 is 3.76. The van der Waals surface area contributed by atoms with E-state index in [0.717, 1.165) is 18.6 Å². The standard InChI is InChI=1S/C18H27BrO2Si/c1-18(2,3)22(5,6)21-16-12-11-15(19)17(16)13-7-9-14(20-4)10-8-13/h7-10,16H,11-12H2,1-6H3. The molecule has 1 aromatic carbocycles. The summed E-state index contributed by atoms with van der Waals surface area (Å²) in [6.45, 7) is 11.5. The predicted octanol–water partition coefficient (Wildman–Crippen LogP) is 5.99. The Bertz CT molecular complexity index is 555. The first-order chi connectivity index (χ1) is 10.2. The van der Waals surface area contributed by atoms with Crippen LogP contribution in [0.5, 0.6) is 5.75 Å². The number of halogens is 1. The van der Waals surface area contributed by atoms with E-state index in [4.69, 9.17) is 9.16 Å². The van der Waals surface area contributed by atoms with E-state index >= 15 is 0 Å². The molecular formula is C18H27BrO2Si. The van der Waals surface area contributed by atoms with E-state index < -0.39 is 8.32 Å². The molecular weight excluding hydrogens is 356 g/mol. The molecule has 1 unspecified atom stereocenters. The van der Waals surface area contributed by atoms with E-state index in [1.54, 1.807) is 7.11 Å². The lowest BCUT2D eigenvalue weighted by Crippen LogP contribution is -2.43. The van der Waals surface area contributed by atoms with Gasteiger partial charge >= 0.3 is 0 Å². The number of hydrogen-bond acceptors (Lipinski definition) is 2. The SMILES string of the molecule is COc1ccc(C2=C(Br)CCC2O[Si](C)(C)C(C)(C)C)cc1. The van der Waals surface area contributed by atoms with Gasteiger partial charge in [-0.3, -0.25) is 0 Å². The average molecular weight is 383 g/mol. The van der Waals surface area contributed by atoms with Gasteiger partial charge in [0.25, 0.3) is 0 Å². The molecule has 0 N–H and O–H groups in total. The van der Waals surface area contributed by atoms with E-state index in [2.05, 4.69) is 61.9 Å². The Balaban J connectivity index is 2.26. The Morgan fingerprint density at radius 3 is 2.23 bits per heavy atom. The summed E-state index contributed by atoms with van der Waals surface area (Å²) in [5, 5.41) is 0.229. The van der Waals surface area contributed by atoms with E-state index in [1.165, 1.54) is 15.6 Å². The molecule has 2 nitrogen and oxygen atoms in total. The monoisotopic (exact) mass is 382 g/mol. The maximum atomic E-state index is 6.68. The predicted molar refractivity (Wildman–Crippen MR) is 100 cm³/mol. The number of allylic oxidation sites excluding steroid dienone is 1. The quantitative estimate of drug-likeness (QED) is 0.595. The van der Waals surface area contributed by atoms with Gasteiger partial charge in [-0.2, -0.15) is 0 Å². The molecule has 1 aliphatic carbocycles. The van der Waals surface area contributed by atoms with Gasteiger partial charge in [0.2, 0.25) is 0 Å². The molecule has 0 aromatic heterocycles. The Kier molecular flexibility index (Phi) is 5.25. The smallest absolute Gasteiger partial charge is 0.192 e. The summed E-state index contributed by atoms with van der Waals surface area (Å²) in [4.78, 5) is 0. The Morgan fingerprint density at radius 1 is 1.14 bits per heavy atom. The molecule has 0 fully saturated rings. The van der Waals surface area contributed by atoms with Crippen molar-refractivity contribution in [3.8, 4) is 5.75 Å². The first kappa shape index (κ1) is 17.8. The van der Waals surface area contributed by atoms with Crippen molar-refractivity contribution in [2.45, 2.75) is 57.8 Å². The second-order valence-corrected chi connectivity index (χ2v) is 13.2. The van der Waals surface area contributed by atoms with Crippen molar-refractivity contribution in [2.24, 2.45) is 0 Å². The van der Waals surface area contributed by atoms with Gasteiger partial charge in [-0.15, -0.1) is 0 Å². The van der Waals surface area contributed by atoms with Gasteiger partial charge in [0.05, 0.1) is 13.2 Å². The minimum atomic E-state index is -1.77. The fourth-order valence-corrected chi connectivity index (χ4v) is 4.49. The largest absolute Gasteiger partial charge is 0.497 e. The summed E-state index contributed by atoms with van der Waals surface area (Å²) in [6, 6.07) is 8.29.